The van der Waals surface area contributed by atoms with Gasteiger partial charge in [-0.3, -0.25) is 14.5 Å². The molecule has 0 bridgehead atoms. The molecular weight excluding hydrogens is 386 g/mol. The molecule has 0 spiro atoms. The highest BCUT2D eigenvalue weighted by atomic mass is 16.2. The van der Waals surface area contributed by atoms with Gasteiger partial charge in [-0.25, -0.2) is 0 Å². The quantitative estimate of drug-likeness (QED) is 0.673. The molecule has 160 valence electrons. The van der Waals surface area contributed by atoms with Crippen LogP contribution in [-0.2, 0) is 17.8 Å². The van der Waals surface area contributed by atoms with Crippen LogP contribution in [0.25, 0.3) is 10.9 Å². The van der Waals surface area contributed by atoms with Gasteiger partial charge < -0.3 is 9.88 Å². The first-order valence-electron chi connectivity index (χ1n) is 11.3. The summed E-state index contributed by atoms with van der Waals surface area (Å²) in [4.78, 5) is 29.3. The van der Waals surface area contributed by atoms with E-state index in [9.17, 15) is 9.59 Å². The highest BCUT2D eigenvalue weighted by molar-refractivity contribution is 6.14. The van der Waals surface area contributed by atoms with Crippen LogP contribution < -0.4 is 10.2 Å². The molecule has 2 aliphatic rings. The Bertz CT molecular complexity index is 1160. The second kappa shape index (κ2) is 7.56. The lowest BCUT2D eigenvalue weighted by atomic mass is 9.93. The number of anilines is 1. The number of nitrogens with zero attached hydrogens (tertiary/aromatic N) is 2. The number of rotatable bonds is 4. The van der Waals surface area contributed by atoms with E-state index >= 15 is 0 Å². The van der Waals surface area contributed by atoms with Gasteiger partial charge in [0, 0.05) is 22.6 Å². The molecule has 2 amide bonds. The fraction of sp³-hybridized carbons (Fsp3) is 0.385. The third-order valence-corrected chi connectivity index (χ3v) is 6.95. The number of hydrogen-bond donors (Lipinski definition) is 1. The minimum Gasteiger partial charge on any atom is -0.351 e. The summed E-state index contributed by atoms with van der Waals surface area (Å²) in [5.74, 6) is -0.196. The lowest BCUT2D eigenvalue weighted by molar-refractivity contribution is -0.127. The van der Waals surface area contributed by atoms with Crippen LogP contribution in [0, 0.1) is 0 Å². The van der Waals surface area contributed by atoms with E-state index in [0.29, 0.717) is 12.2 Å². The van der Waals surface area contributed by atoms with Crippen molar-refractivity contribution in [3.05, 3.63) is 65.9 Å². The van der Waals surface area contributed by atoms with E-state index in [4.69, 9.17) is 0 Å². The van der Waals surface area contributed by atoms with Crippen LogP contribution in [0.4, 0.5) is 5.69 Å². The van der Waals surface area contributed by atoms with Gasteiger partial charge in [0.2, 0.25) is 5.91 Å². The third kappa shape index (κ3) is 3.23. The first kappa shape index (κ1) is 19.9. The van der Waals surface area contributed by atoms with E-state index in [1.807, 2.05) is 60.0 Å². The topological polar surface area (TPSA) is 54.3 Å². The molecule has 5 nitrogen and oxygen atoms in total. The second-order valence-corrected chi connectivity index (χ2v) is 9.07. The largest absolute Gasteiger partial charge is 0.351 e. The number of carbonyl (C=O) groups excluding carboxylic acids is 2. The smallest absolute Gasteiger partial charge is 0.275 e. The average molecular weight is 416 g/mol. The Kier molecular flexibility index (Phi) is 4.84. The third-order valence-electron chi connectivity index (χ3n) is 6.95. The van der Waals surface area contributed by atoms with Crippen LogP contribution in [0.1, 0.15) is 55.6 Å². The van der Waals surface area contributed by atoms with Crippen molar-refractivity contribution in [1.29, 1.82) is 0 Å². The second-order valence-electron chi connectivity index (χ2n) is 9.07. The standard InChI is InChI=1S/C26H29N3O2/c1-3-18-9-8-13-21(15-18)29-24(30)23-16-19-10-4-7-14-22(19)28(23)17-26(29,2)25(31)27-20-11-5-6-12-20/h4,7-10,13-16,20H,3,5-6,11-12,17H2,1-2H3,(H,27,31)/t26-/m1/s1. The van der Waals surface area contributed by atoms with Crippen molar-refractivity contribution in [2.24, 2.45) is 0 Å². The molecule has 3 aromatic rings. The van der Waals surface area contributed by atoms with Gasteiger partial charge in [0.15, 0.2) is 0 Å². The van der Waals surface area contributed by atoms with E-state index in [1.165, 1.54) is 0 Å². The molecule has 1 saturated carbocycles. The van der Waals surface area contributed by atoms with E-state index in [0.717, 1.165) is 54.3 Å². The number of aromatic nitrogens is 1. The molecule has 1 N–H and O–H groups in total. The minimum absolute atomic E-state index is 0.0712. The summed E-state index contributed by atoms with van der Waals surface area (Å²) < 4.78 is 2.02. The molecule has 0 saturated heterocycles. The minimum atomic E-state index is -1.01. The zero-order chi connectivity index (χ0) is 21.6. The summed E-state index contributed by atoms with van der Waals surface area (Å²) in [6.07, 6.45) is 5.20. The average Bonchev–Trinajstić information content (AvgIpc) is 3.42. The van der Waals surface area contributed by atoms with Gasteiger partial charge >= 0.3 is 0 Å². The van der Waals surface area contributed by atoms with Crippen LogP contribution in [0.2, 0.25) is 0 Å². The molecule has 1 atom stereocenters. The normalized spacial score (nSPS) is 21.5. The Morgan fingerprint density at radius 3 is 2.65 bits per heavy atom. The van der Waals surface area contributed by atoms with Crippen molar-refractivity contribution in [3.8, 4) is 0 Å². The maximum Gasteiger partial charge on any atom is 0.275 e. The van der Waals surface area contributed by atoms with Crippen LogP contribution >= 0.6 is 0 Å². The summed E-state index contributed by atoms with van der Waals surface area (Å²) >= 11 is 0. The highest BCUT2D eigenvalue weighted by Gasteiger charge is 2.49. The number of nitrogens with one attached hydrogen (secondary N) is 1. The number of para-hydroxylation sites is 1. The Labute approximate surface area is 183 Å². The Hall–Kier alpha value is -3.08. The molecule has 5 heteroatoms. The lowest BCUT2D eigenvalue weighted by Crippen LogP contribution is -2.65. The first-order valence-corrected chi connectivity index (χ1v) is 11.3. The van der Waals surface area contributed by atoms with E-state index in [2.05, 4.69) is 18.3 Å². The fourth-order valence-electron chi connectivity index (χ4n) is 5.18. The molecular formula is C26H29N3O2. The zero-order valence-electron chi connectivity index (χ0n) is 18.2. The number of fused-ring (bicyclic) bond motifs is 3. The van der Waals surface area contributed by atoms with Gasteiger partial charge in [0.1, 0.15) is 11.2 Å². The van der Waals surface area contributed by atoms with Gasteiger partial charge in [-0.1, -0.05) is 50.1 Å². The summed E-state index contributed by atoms with van der Waals surface area (Å²) in [6, 6.07) is 18.2. The molecule has 2 heterocycles. The van der Waals surface area contributed by atoms with Gasteiger partial charge in [-0.15, -0.1) is 0 Å². The van der Waals surface area contributed by atoms with E-state index < -0.39 is 5.54 Å². The summed E-state index contributed by atoms with van der Waals surface area (Å²) in [5, 5.41) is 4.28. The van der Waals surface area contributed by atoms with E-state index in [-0.39, 0.29) is 17.9 Å². The SMILES string of the molecule is CCc1cccc(N2C(=O)c3cc4ccccc4n3C[C@]2(C)C(=O)NC2CCCC2)c1. The molecule has 0 radical (unpaired) electrons. The van der Waals surface area contributed by atoms with Crippen molar-refractivity contribution in [1.82, 2.24) is 9.88 Å². The van der Waals surface area contributed by atoms with Crippen molar-refractivity contribution in [3.63, 3.8) is 0 Å². The van der Waals surface area contributed by atoms with Crippen LogP contribution in [0.3, 0.4) is 0 Å². The Morgan fingerprint density at radius 1 is 1.10 bits per heavy atom. The van der Waals surface area contributed by atoms with Crippen molar-refractivity contribution < 1.29 is 9.59 Å². The van der Waals surface area contributed by atoms with E-state index in [1.54, 1.807) is 4.90 Å². The molecule has 5 rings (SSSR count). The van der Waals surface area contributed by atoms with Crippen LogP contribution in [0.5, 0.6) is 0 Å². The zero-order valence-corrected chi connectivity index (χ0v) is 18.2. The van der Waals surface area contributed by atoms with Gasteiger partial charge in [-0.05, 0) is 56.0 Å². The predicted octanol–water partition coefficient (Wildman–Crippen LogP) is 4.68. The molecule has 1 aliphatic heterocycles. The maximum atomic E-state index is 13.9. The highest BCUT2D eigenvalue weighted by Crippen LogP contribution is 2.36. The number of carbonyl (C=O) groups is 2. The molecule has 31 heavy (non-hydrogen) atoms. The number of benzene rings is 2. The molecule has 0 unspecified atom stereocenters. The number of aryl methyl sites for hydroxylation is 1. The van der Waals surface area contributed by atoms with Gasteiger partial charge in [0.05, 0.1) is 6.54 Å². The van der Waals surface area contributed by atoms with Crippen molar-refractivity contribution >= 4 is 28.4 Å². The monoisotopic (exact) mass is 415 g/mol. The predicted molar refractivity (Wildman–Crippen MR) is 123 cm³/mol. The molecule has 1 aromatic heterocycles. The van der Waals surface area contributed by atoms with Crippen molar-refractivity contribution in [2.45, 2.75) is 64.1 Å². The Morgan fingerprint density at radius 2 is 1.87 bits per heavy atom. The maximum absolute atomic E-state index is 13.9. The van der Waals surface area contributed by atoms with Crippen LogP contribution in [0.15, 0.2) is 54.6 Å². The van der Waals surface area contributed by atoms with Crippen molar-refractivity contribution in [2.75, 3.05) is 4.90 Å². The molecule has 2 aromatic carbocycles. The summed E-state index contributed by atoms with van der Waals surface area (Å²) in [7, 11) is 0. The molecule has 1 fully saturated rings. The van der Waals surface area contributed by atoms with Crippen LogP contribution in [-0.4, -0.2) is 28.0 Å². The number of hydrogen-bond acceptors (Lipinski definition) is 2. The number of amides is 2. The van der Waals surface area contributed by atoms with Gasteiger partial charge in [-0.2, -0.15) is 0 Å². The molecule has 1 aliphatic carbocycles. The summed E-state index contributed by atoms with van der Waals surface area (Å²) in [6.45, 7) is 4.43. The Balaban J connectivity index is 1.64. The lowest BCUT2D eigenvalue weighted by Gasteiger charge is -2.44. The summed E-state index contributed by atoms with van der Waals surface area (Å²) in [5.41, 5.74) is 2.54. The van der Waals surface area contributed by atoms with Gasteiger partial charge in [0.25, 0.3) is 5.91 Å². The first-order chi connectivity index (χ1) is 15.0. The fourth-order valence-corrected chi connectivity index (χ4v) is 5.18.